The predicted molar refractivity (Wildman–Crippen MR) is 99.8 cm³/mol. The lowest BCUT2D eigenvalue weighted by atomic mass is 10.1. The van der Waals surface area contributed by atoms with Gasteiger partial charge < -0.3 is 10.6 Å². The average Bonchev–Trinajstić information content (AvgIpc) is 2.52. The number of nitro groups is 1. The molecule has 2 rings (SSSR count). The summed E-state index contributed by atoms with van der Waals surface area (Å²) in [6, 6.07) is 7.36. The Morgan fingerprint density at radius 1 is 1.23 bits per heavy atom. The van der Waals surface area contributed by atoms with E-state index in [0.29, 0.717) is 22.9 Å². The second kappa shape index (κ2) is 7.47. The number of nitrogens with zero attached hydrogens (tertiary/aromatic N) is 3. The van der Waals surface area contributed by atoms with Crippen molar-refractivity contribution in [3.8, 4) is 11.4 Å². The van der Waals surface area contributed by atoms with E-state index in [2.05, 4.69) is 20.6 Å². The molecule has 0 bridgehead atoms. The molecule has 1 atom stereocenters. The number of aryl methyl sites for hydroxylation is 1. The SMILES string of the molecule is Cc1cc(NC(C)C(=O)NC(C)(C)C)nc(-c2cccc([N+](=O)[O-])c2)n1. The molecule has 1 amide bonds. The summed E-state index contributed by atoms with van der Waals surface area (Å²) in [7, 11) is 0. The standard InChI is InChI=1S/C18H23N5O3/c1-11-9-15(20-12(2)17(24)22-18(3,4)5)21-16(19-11)13-7-6-8-14(10-13)23(25)26/h6-10,12H,1-5H3,(H,22,24)(H,19,20,21). The van der Waals surface area contributed by atoms with Crippen LogP contribution < -0.4 is 10.6 Å². The van der Waals surface area contributed by atoms with E-state index in [1.54, 1.807) is 32.0 Å². The Kier molecular flexibility index (Phi) is 5.54. The molecule has 1 heterocycles. The van der Waals surface area contributed by atoms with Crippen molar-refractivity contribution >= 4 is 17.4 Å². The van der Waals surface area contributed by atoms with E-state index < -0.39 is 11.0 Å². The topological polar surface area (TPSA) is 110 Å². The maximum Gasteiger partial charge on any atom is 0.270 e. The van der Waals surface area contributed by atoms with Crippen LogP contribution in [0.1, 0.15) is 33.4 Å². The summed E-state index contributed by atoms with van der Waals surface area (Å²) < 4.78 is 0. The number of carbonyl (C=O) groups is 1. The molecule has 2 N–H and O–H groups in total. The molecule has 8 nitrogen and oxygen atoms in total. The third-order valence-corrected chi connectivity index (χ3v) is 3.43. The van der Waals surface area contributed by atoms with Gasteiger partial charge in [-0.2, -0.15) is 0 Å². The van der Waals surface area contributed by atoms with Crippen molar-refractivity contribution in [1.29, 1.82) is 0 Å². The van der Waals surface area contributed by atoms with Crippen LogP contribution in [0.2, 0.25) is 0 Å². The van der Waals surface area contributed by atoms with Gasteiger partial charge in [-0.05, 0) is 34.6 Å². The quantitative estimate of drug-likeness (QED) is 0.628. The van der Waals surface area contributed by atoms with Gasteiger partial charge in [0.1, 0.15) is 11.9 Å². The summed E-state index contributed by atoms with van der Waals surface area (Å²) in [5.41, 5.74) is 0.869. The van der Waals surface area contributed by atoms with Gasteiger partial charge in [0, 0.05) is 35.0 Å². The summed E-state index contributed by atoms with van der Waals surface area (Å²) in [5.74, 6) is 0.695. The molecule has 0 aliphatic heterocycles. The zero-order valence-corrected chi connectivity index (χ0v) is 15.5. The molecule has 138 valence electrons. The minimum Gasteiger partial charge on any atom is -0.359 e. The van der Waals surface area contributed by atoms with Crippen LogP contribution in [-0.2, 0) is 4.79 Å². The van der Waals surface area contributed by atoms with E-state index in [-0.39, 0.29) is 17.1 Å². The van der Waals surface area contributed by atoms with E-state index in [1.807, 2.05) is 20.8 Å². The normalized spacial score (nSPS) is 12.3. The summed E-state index contributed by atoms with van der Waals surface area (Å²) in [6.45, 7) is 9.27. The number of amides is 1. The third kappa shape index (κ3) is 5.23. The number of nitro benzene ring substituents is 1. The minimum absolute atomic E-state index is 0.0277. The van der Waals surface area contributed by atoms with Crippen molar-refractivity contribution in [2.45, 2.75) is 46.2 Å². The van der Waals surface area contributed by atoms with E-state index in [9.17, 15) is 14.9 Å². The van der Waals surface area contributed by atoms with Crippen LogP contribution in [0.3, 0.4) is 0 Å². The number of hydrogen-bond acceptors (Lipinski definition) is 6. The first-order chi connectivity index (χ1) is 12.0. The summed E-state index contributed by atoms with van der Waals surface area (Å²) in [4.78, 5) is 31.5. The van der Waals surface area contributed by atoms with Gasteiger partial charge in [0.2, 0.25) is 5.91 Å². The highest BCUT2D eigenvalue weighted by Gasteiger charge is 2.20. The third-order valence-electron chi connectivity index (χ3n) is 3.43. The van der Waals surface area contributed by atoms with Crippen LogP contribution >= 0.6 is 0 Å². The van der Waals surface area contributed by atoms with Crippen molar-refractivity contribution < 1.29 is 9.72 Å². The van der Waals surface area contributed by atoms with Crippen molar-refractivity contribution in [2.24, 2.45) is 0 Å². The van der Waals surface area contributed by atoms with Crippen LogP contribution in [0.4, 0.5) is 11.5 Å². The van der Waals surface area contributed by atoms with Crippen molar-refractivity contribution in [3.63, 3.8) is 0 Å². The van der Waals surface area contributed by atoms with Gasteiger partial charge in [-0.25, -0.2) is 9.97 Å². The number of hydrogen-bond donors (Lipinski definition) is 2. The van der Waals surface area contributed by atoms with Crippen LogP contribution in [0, 0.1) is 17.0 Å². The summed E-state index contributed by atoms with van der Waals surface area (Å²) in [5, 5.41) is 16.9. The van der Waals surface area contributed by atoms with E-state index in [1.165, 1.54) is 12.1 Å². The fourth-order valence-corrected chi connectivity index (χ4v) is 2.30. The van der Waals surface area contributed by atoms with Crippen molar-refractivity contribution in [3.05, 3.63) is 46.1 Å². The van der Waals surface area contributed by atoms with Crippen molar-refractivity contribution in [2.75, 3.05) is 5.32 Å². The number of non-ortho nitro benzene ring substituents is 1. The number of rotatable bonds is 5. The first-order valence-electron chi connectivity index (χ1n) is 8.24. The second-order valence-corrected chi connectivity index (χ2v) is 7.13. The highest BCUT2D eigenvalue weighted by atomic mass is 16.6. The molecule has 0 saturated carbocycles. The molecule has 0 fully saturated rings. The number of aromatic nitrogens is 2. The molecule has 1 aromatic heterocycles. The summed E-state index contributed by atoms with van der Waals surface area (Å²) >= 11 is 0. The number of carbonyl (C=O) groups excluding carboxylic acids is 1. The van der Waals surface area contributed by atoms with E-state index in [0.717, 1.165) is 0 Å². The number of benzene rings is 1. The molecule has 0 saturated heterocycles. The van der Waals surface area contributed by atoms with Crippen LogP contribution in [0.15, 0.2) is 30.3 Å². The van der Waals surface area contributed by atoms with Crippen LogP contribution in [0.5, 0.6) is 0 Å². The maximum absolute atomic E-state index is 12.2. The Morgan fingerprint density at radius 2 is 1.92 bits per heavy atom. The minimum atomic E-state index is -0.499. The second-order valence-electron chi connectivity index (χ2n) is 7.13. The lowest BCUT2D eigenvalue weighted by Crippen LogP contribution is -2.47. The van der Waals surface area contributed by atoms with Crippen molar-refractivity contribution in [1.82, 2.24) is 15.3 Å². The molecule has 0 aliphatic carbocycles. The number of nitrogens with one attached hydrogen (secondary N) is 2. The average molecular weight is 357 g/mol. The molecule has 8 heteroatoms. The molecular weight excluding hydrogens is 334 g/mol. The Hall–Kier alpha value is -3.03. The molecule has 1 unspecified atom stereocenters. The highest BCUT2D eigenvalue weighted by molar-refractivity contribution is 5.84. The zero-order chi connectivity index (χ0) is 19.5. The fourth-order valence-electron chi connectivity index (χ4n) is 2.30. The molecule has 0 aliphatic rings. The molecule has 0 spiro atoms. The maximum atomic E-state index is 12.2. The highest BCUT2D eigenvalue weighted by Crippen LogP contribution is 2.22. The first kappa shape index (κ1) is 19.3. The monoisotopic (exact) mass is 357 g/mol. The molecule has 1 aromatic carbocycles. The smallest absolute Gasteiger partial charge is 0.270 e. The molecule has 26 heavy (non-hydrogen) atoms. The largest absolute Gasteiger partial charge is 0.359 e. The van der Waals surface area contributed by atoms with E-state index in [4.69, 9.17) is 0 Å². The Labute approximate surface area is 152 Å². The Balaban J connectivity index is 2.26. The van der Waals surface area contributed by atoms with Crippen LogP contribution in [-0.4, -0.2) is 32.4 Å². The molecule has 2 aromatic rings. The molecular formula is C18H23N5O3. The van der Waals surface area contributed by atoms with Gasteiger partial charge in [-0.3, -0.25) is 14.9 Å². The predicted octanol–water partition coefficient (Wildman–Crippen LogP) is 3.08. The van der Waals surface area contributed by atoms with E-state index >= 15 is 0 Å². The Bertz CT molecular complexity index is 830. The first-order valence-corrected chi connectivity index (χ1v) is 8.24. The van der Waals surface area contributed by atoms with Gasteiger partial charge in [-0.15, -0.1) is 0 Å². The van der Waals surface area contributed by atoms with Gasteiger partial charge >= 0.3 is 0 Å². The van der Waals surface area contributed by atoms with Gasteiger partial charge in [0.25, 0.3) is 5.69 Å². The van der Waals surface area contributed by atoms with Gasteiger partial charge in [-0.1, -0.05) is 12.1 Å². The van der Waals surface area contributed by atoms with Crippen LogP contribution in [0.25, 0.3) is 11.4 Å². The lowest BCUT2D eigenvalue weighted by Gasteiger charge is -2.24. The summed E-state index contributed by atoms with van der Waals surface area (Å²) in [6.07, 6.45) is 0. The Morgan fingerprint density at radius 3 is 2.54 bits per heavy atom. The molecule has 0 radical (unpaired) electrons. The van der Waals surface area contributed by atoms with Gasteiger partial charge in [0.05, 0.1) is 4.92 Å². The van der Waals surface area contributed by atoms with Gasteiger partial charge in [0.15, 0.2) is 5.82 Å². The lowest BCUT2D eigenvalue weighted by molar-refractivity contribution is -0.384. The zero-order valence-electron chi connectivity index (χ0n) is 15.5. The fraction of sp³-hybridized carbons (Fsp3) is 0.389. The number of anilines is 1.